The fourth-order valence-corrected chi connectivity index (χ4v) is 0. The normalized spacial score (nSPS) is 5.50. The van der Waals surface area contributed by atoms with Crippen LogP contribution in [0.4, 0.5) is 0 Å². The third-order valence-electron chi connectivity index (χ3n) is 0. The van der Waals surface area contributed by atoms with Crippen LogP contribution in [0.25, 0.3) is 0 Å². The van der Waals surface area contributed by atoms with Gasteiger partial charge in [-0.05, 0) is 0 Å². The molecule has 0 saturated heterocycles. The van der Waals surface area contributed by atoms with E-state index in [2.05, 4.69) is 18.6 Å². The van der Waals surface area contributed by atoms with Crippen molar-refractivity contribution in [1.29, 1.82) is 0 Å². The molecule has 0 spiro atoms. The van der Waals surface area contributed by atoms with Gasteiger partial charge in [-0.15, -0.1) is 0 Å². The van der Waals surface area contributed by atoms with E-state index in [1.54, 1.807) is 0 Å². The van der Waals surface area contributed by atoms with E-state index in [0.717, 1.165) is 0 Å². The molecule has 0 fully saturated rings. The van der Waals surface area contributed by atoms with E-state index in [1.165, 1.54) is 0 Å². The summed E-state index contributed by atoms with van der Waals surface area (Å²) in [7, 11) is 5.10. The van der Waals surface area contributed by atoms with Crippen molar-refractivity contribution in [2.24, 2.45) is 0 Å². The van der Waals surface area contributed by atoms with Gasteiger partial charge in [-0.2, -0.15) is 0 Å². The van der Waals surface area contributed by atoms with Crippen molar-refractivity contribution in [3.63, 3.8) is 0 Å². The quantitative estimate of drug-likeness (QED) is 0.348. The van der Waals surface area contributed by atoms with Gasteiger partial charge in [0.15, 0.2) is 0 Å². The average molecular weight is 397 g/mol. The summed E-state index contributed by atoms with van der Waals surface area (Å²) in [4.78, 5) is 0. The van der Waals surface area contributed by atoms with Gasteiger partial charge in [0, 0.05) is 0 Å². The predicted octanol–water partition coefficient (Wildman–Crippen LogP) is -1.42. The fraction of sp³-hybridized carbons (Fsp3) is 0. The largest absolute Gasteiger partial charge is 1.00 e. The van der Waals surface area contributed by atoms with E-state index in [1.807, 2.05) is 0 Å². The van der Waals surface area contributed by atoms with Gasteiger partial charge in [-0.25, -0.2) is 0 Å². The van der Waals surface area contributed by atoms with E-state index < -0.39 is 0 Å². The molecule has 0 heterocycles. The summed E-state index contributed by atoms with van der Waals surface area (Å²) in [6.45, 7) is 0. The molecule has 0 amide bonds. The maximum Gasteiger partial charge on any atom is 1.00 e. The van der Waals surface area contributed by atoms with Crippen molar-refractivity contribution in [3.8, 4) is 0 Å². The van der Waals surface area contributed by atoms with Crippen molar-refractivity contribution in [2.45, 2.75) is 0 Å². The molecule has 0 saturated carbocycles. The standard InChI is InChI=1S/Ag.ClI2/c;1-3-2/q+1;-1. The van der Waals surface area contributed by atoms with Gasteiger partial charge in [0.25, 0.3) is 0 Å². The molecule has 0 radical (unpaired) electrons. The van der Waals surface area contributed by atoms with Crippen LogP contribution in [0, 0.1) is 0 Å². The first-order valence-electron chi connectivity index (χ1n) is 0.286. The van der Waals surface area contributed by atoms with E-state index >= 15 is 0 Å². The van der Waals surface area contributed by atoms with Crippen LogP contribution >= 0.6 is 27.5 Å². The fourth-order valence-electron chi connectivity index (χ4n) is 0. The van der Waals surface area contributed by atoms with Crippen molar-refractivity contribution >= 4 is 27.5 Å². The Kier molecular flexibility index (Phi) is 22.0. The van der Waals surface area contributed by atoms with Gasteiger partial charge in [0.2, 0.25) is 0 Å². The molecule has 4 heteroatoms. The van der Waals surface area contributed by atoms with E-state index in [-0.39, 0.29) is 38.5 Å². The Morgan fingerprint density at radius 2 is 1.75 bits per heavy atom. The van der Waals surface area contributed by atoms with Gasteiger partial charge >= 0.3 is 66.0 Å². The van der Waals surface area contributed by atoms with Crippen LogP contribution in [-0.4, -0.2) is 0 Å². The van der Waals surface area contributed by atoms with Gasteiger partial charge in [-0.3, -0.25) is 0 Å². The van der Waals surface area contributed by atoms with Gasteiger partial charge < -0.3 is 0 Å². The second-order valence-electron chi connectivity index (χ2n) is 0.0540. The summed E-state index contributed by atoms with van der Waals surface area (Å²) >= 11 is 2.20. The SMILES string of the molecule is Cl[I-]I.[Ag+]. The molecule has 32 valence electrons. The van der Waals surface area contributed by atoms with Crippen LogP contribution < -0.4 is 16.1 Å². The zero-order chi connectivity index (χ0) is 2.71. The third kappa shape index (κ3) is 8.82. The molecule has 0 unspecified atom stereocenters. The van der Waals surface area contributed by atoms with Crippen LogP contribution in [0.1, 0.15) is 0 Å². The van der Waals surface area contributed by atoms with Gasteiger partial charge in [-0.1, -0.05) is 0 Å². The number of rotatable bonds is 0. The Hall–Kier alpha value is 2.49. The predicted molar refractivity (Wildman–Crippen MR) is 19.9 cm³/mol. The Morgan fingerprint density at radius 3 is 1.75 bits per heavy atom. The Labute approximate surface area is 64.7 Å². The van der Waals surface area contributed by atoms with E-state index in [0.29, 0.717) is 0 Å². The second-order valence-corrected chi connectivity index (χ2v) is 7.29. The van der Waals surface area contributed by atoms with Crippen LogP contribution in [0.15, 0.2) is 0 Å². The molecule has 0 bridgehead atoms. The van der Waals surface area contributed by atoms with Crippen LogP contribution in [-0.2, 0) is 22.4 Å². The molecule has 0 aliphatic heterocycles. The minimum atomic E-state index is 0. The number of hydrogen-bond acceptors (Lipinski definition) is 0. The first-order valence-corrected chi connectivity index (χ1v) is 9.30. The minimum absolute atomic E-state index is 0. The molecular weight excluding hydrogens is 397 g/mol. The summed E-state index contributed by atoms with van der Waals surface area (Å²) < 4.78 is 0. The maximum atomic E-state index is 5.10. The molecular formula is AgClI2. The number of halogens is 3. The Bertz CT molecular complexity index is 6.00. The first kappa shape index (κ1) is 9.70. The first-order chi connectivity index (χ1) is 1.41. The summed E-state index contributed by atoms with van der Waals surface area (Å²) in [5.41, 5.74) is 0. The minimum Gasteiger partial charge on any atom is 1.00 e. The summed E-state index contributed by atoms with van der Waals surface area (Å²) in [6.07, 6.45) is 0. The van der Waals surface area contributed by atoms with Crippen molar-refractivity contribution in [2.75, 3.05) is 0 Å². The monoisotopic (exact) mass is 396 g/mol. The van der Waals surface area contributed by atoms with Crippen LogP contribution in [0.2, 0.25) is 0 Å². The molecule has 0 aliphatic rings. The smallest absolute Gasteiger partial charge is 1.00 e. The molecule has 0 aromatic heterocycles. The second kappa shape index (κ2) is 9.09. The zero-order valence-corrected chi connectivity index (χ0v) is 7.99. The molecule has 4 heavy (non-hydrogen) atoms. The zero-order valence-electron chi connectivity index (χ0n) is 1.44. The Morgan fingerprint density at radius 1 is 1.75 bits per heavy atom. The van der Waals surface area contributed by atoms with Crippen molar-refractivity contribution in [3.05, 3.63) is 0 Å². The summed E-state index contributed by atoms with van der Waals surface area (Å²) in [6, 6.07) is 0. The molecule has 0 nitrogen and oxygen atoms in total. The molecule has 0 N–H and O–H groups in total. The van der Waals surface area contributed by atoms with Gasteiger partial charge in [0.05, 0.1) is 0 Å². The van der Waals surface area contributed by atoms with Crippen molar-refractivity contribution in [1.82, 2.24) is 0 Å². The molecule has 0 atom stereocenters. The molecule has 0 rings (SSSR count). The van der Waals surface area contributed by atoms with Crippen LogP contribution in [0.3, 0.4) is 0 Å². The van der Waals surface area contributed by atoms with Gasteiger partial charge in [0.1, 0.15) is 0 Å². The van der Waals surface area contributed by atoms with Crippen molar-refractivity contribution < 1.29 is 38.5 Å². The summed E-state index contributed by atoms with van der Waals surface area (Å²) in [5.74, 6) is 0. The molecule has 0 aromatic carbocycles. The third-order valence-corrected chi connectivity index (χ3v) is 0. The van der Waals surface area contributed by atoms with E-state index in [9.17, 15) is 0 Å². The van der Waals surface area contributed by atoms with E-state index in [4.69, 9.17) is 8.91 Å². The molecule has 0 aromatic rings. The molecule has 0 aliphatic carbocycles. The van der Waals surface area contributed by atoms with Crippen LogP contribution in [0.5, 0.6) is 0 Å². The average Bonchev–Trinajstić information content (AvgIpc) is 0.918. The topological polar surface area (TPSA) is 0 Å². The number of hydrogen-bond donors (Lipinski definition) is 0. The summed E-state index contributed by atoms with van der Waals surface area (Å²) in [5, 5.41) is 0. The maximum absolute atomic E-state index is 5.10. The Balaban J connectivity index is 0.